The Hall–Kier alpha value is -2.77. The largest absolute Gasteiger partial charge is 0.355 e. The number of carbonyl (C=O) groups is 2. The van der Waals surface area contributed by atoms with Crippen LogP contribution >= 0.6 is 0 Å². The summed E-state index contributed by atoms with van der Waals surface area (Å²) in [4.78, 5) is 27.4. The van der Waals surface area contributed by atoms with Crippen LogP contribution in [0, 0.1) is 11.7 Å². The molecule has 0 radical (unpaired) electrons. The third-order valence-corrected chi connectivity index (χ3v) is 3.15. The first-order valence-electron chi connectivity index (χ1n) is 7.20. The van der Waals surface area contributed by atoms with Crippen molar-refractivity contribution in [2.24, 2.45) is 5.92 Å². The Morgan fingerprint density at radius 1 is 1.30 bits per heavy atom. The van der Waals surface area contributed by atoms with Crippen LogP contribution < -0.4 is 10.6 Å². The summed E-state index contributed by atoms with van der Waals surface area (Å²) in [6.45, 7) is 2.43. The van der Waals surface area contributed by atoms with Gasteiger partial charge < -0.3 is 10.6 Å². The molecule has 1 atom stereocenters. The van der Waals surface area contributed by atoms with Crippen molar-refractivity contribution in [3.63, 3.8) is 0 Å². The van der Waals surface area contributed by atoms with E-state index in [9.17, 15) is 14.0 Å². The van der Waals surface area contributed by atoms with Gasteiger partial charge in [-0.3, -0.25) is 14.3 Å². The van der Waals surface area contributed by atoms with Gasteiger partial charge >= 0.3 is 0 Å². The van der Waals surface area contributed by atoms with Gasteiger partial charge in [-0.25, -0.2) is 9.37 Å². The molecule has 2 N–H and O–H groups in total. The summed E-state index contributed by atoms with van der Waals surface area (Å²) >= 11 is 0. The molecule has 8 heteroatoms. The fraction of sp³-hybridized carbons (Fsp3) is 0.333. The minimum atomic E-state index is -0.364. The van der Waals surface area contributed by atoms with E-state index in [1.54, 1.807) is 17.9 Å². The van der Waals surface area contributed by atoms with Crippen molar-refractivity contribution in [3.05, 3.63) is 42.7 Å². The van der Waals surface area contributed by atoms with Gasteiger partial charge in [0, 0.05) is 18.7 Å². The highest BCUT2D eigenvalue weighted by Crippen LogP contribution is 2.08. The molecule has 0 aliphatic heterocycles. The molecule has 1 unspecified atom stereocenters. The highest BCUT2D eigenvalue weighted by atomic mass is 19.1. The van der Waals surface area contributed by atoms with E-state index >= 15 is 0 Å². The van der Waals surface area contributed by atoms with Crippen LogP contribution in [0.25, 0.3) is 0 Å². The quantitative estimate of drug-likeness (QED) is 0.802. The van der Waals surface area contributed by atoms with Crippen LogP contribution in [0.2, 0.25) is 0 Å². The number of halogens is 1. The number of benzene rings is 1. The summed E-state index contributed by atoms with van der Waals surface area (Å²) < 4.78 is 14.3. The van der Waals surface area contributed by atoms with Gasteiger partial charge in [-0.15, -0.1) is 0 Å². The first kappa shape index (κ1) is 16.6. The summed E-state index contributed by atoms with van der Waals surface area (Å²) in [6.07, 6.45) is 3.09. The van der Waals surface area contributed by atoms with Crippen molar-refractivity contribution in [1.82, 2.24) is 20.1 Å². The van der Waals surface area contributed by atoms with Gasteiger partial charge in [0.2, 0.25) is 11.8 Å². The molecular formula is C15H18FN5O2. The monoisotopic (exact) mass is 319 g/mol. The number of hydrogen-bond acceptors (Lipinski definition) is 4. The van der Waals surface area contributed by atoms with E-state index in [0.29, 0.717) is 12.2 Å². The van der Waals surface area contributed by atoms with Gasteiger partial charge in [0.15, 0.2) is 0 Å². The average Bonchev–Trinajstić information content (AvgIpc) is 3.02. The molecule has 0 aliphatic rings. The second-order valence-electron chi connectivity index (χ2n) is 5.11. The predicted molar refractivity (Wildman–Crippen MR) is 81.8 cm³/mol. The number of nitrogens with one attached hydrogen (secondary N) is 2. The van der Waals surface area contributed by atoms with Crippen molar-refractivity contribution in [3.8, 4) is 0 Å². The van der Waals surface area contributed by atoms with Crippen molar-refractivity contribution in [2.75, 3.05) is 11.9 Å². The Bertz CT molecular complexity index is 642. The van der Waals surface area contributed by atoms with Crippen LogP contribution in [0.3, 0.4) is 0 Å². The van der Waals surface area contributed by atoms with E-state index in [-0.39, 0.29) is 36.5 Å². The lowest BCUT2D eigenvalue weighted by Crippen LogP contribution is -2.33. The zero-order chi connectivity index (χ0) is 16.7. The highest BCUT2D eigenvalue weighted by Gasteiger charge is 2.14. The average molecular weight is 319 g/mol. The molecule has 1 aromatic carbocycles. The Morgan fingerprint density at radius 3 is 2.70 bits per heavy atom. The molecule has 0 saturated heterocycles. The first-order valence-corrected chi connectivity index (χ1v) is 7.20. The number of carbonyl (C=O) groups excluding carboxylic acids is 2. The maximum atomic E-state index is 12.8. The molecule has 1 heterocycles. The summed E-state index contributed by atoms with van der Waals surface area (Å²) in [5.74, 6) is -1.05. The third-order valence-electron chi connectivity index (χ3n) is 3.15. The van der Waals surface area contributed by atoms with Crippen LogP contribution in [0.4, 0.5) is 10.1 Å². The molecule has 2 amide bonds. The van der Waals surface area contributed by atoms with E-state index in [0.717, 1.165) is 0 Å². The van der Waals surface area contributed by atoms with Crippen LogP contribution in [-0.4, -0.2) is 33.1 Å². The van der Waals surface area contributed by atoms with Gasteiger partial charge in [-0.05, 0) is 24.3 Å². The van der Waals surface area contributed by atoms with E-state index in [1.165, 1.54) is 30.6 Å². The fourth-order valence-electron chi connectivity index (χ4n) is 1.92. The van der Waals surface area contributed by atoms with E-state index in [2.05, 4.69) is 20.7 Å². The third kappa shape index (κ3) is 5.50. The van der Waals surface area contributed by atoms with E-state index < -0.39 is 0 Å². The lowest BCUT2D eigenvalue weighted by molar-refractivity contribution is -0.125. The molecule has 2 rings (SSSR count). The zero-order valence-electron chi connectivity index (χ0n) is 12.7. The number of nitrogens with zero attached hydrogens (tertiary/aromatic N) is 3. The van der Waals surface area contributed by atoms with Crippen molar-refractivity contribution < 1.29 is 14.0 Å². The standard InChI is InChI=1S/C15H18FN5O2/c1-11(8-21-10-17-9-19-21)15(23)18-7-6-14(22)20-13-4-2-12(16)3-5-13/h2-5,9-11H,6-8H2,1H3,(H,18,23)(H,20,22). The van der Waals surface area contributed by atoms with Crippen LogP contribution in [0.5, 0.6) is 0 Å². The highest BCUT2D eigenvalue weighted by molar-refractivity contribution is 5.91. The lowest BCUT2D eigenvalue weighted by Gasteiger charge is -2.12. The first-order chi connectivity index (χ1) is 11.0. The van der Waals surface area contributed by atoms with E-state index in [4.69, 9.17) is 0 Å². The molecule has 0 aliphatic carbocycles. The minimum absolute atomic E-state index is 0.138. The number of hydrogen-bond donors (Lipinski definition) is 2. The number of amides is 2. The van der Waals surface area contributed by atoms with Crippen LogP contribution in [-0.2, 0) is 16.1 Å². The minimum Gasteiger partial charge on any atom is -0.355 e. The molecule has 2 aromatic rings. The van der Waals surface area contributed by atoms with Gasteiger partial charge in [0.05, 0.1) is 12.5 Å². The van der Waals surface area contributed by atoms with Crippen molar-refractivity contribution >= 4 is 17.5 Å². The molecule has 0 saturated carbocycles. The molecule has 122 valence electrons. The maximum absolute atomic E-state index is 12.8. The zero-order valence-corrected chi connectivity index (χ0v) is 12.7. The fourth-order valence-corrected chi connectivity index (χ4v) is 1.92. The summed E-state index contributed by atoms with van der Waals surface area (Å²) in [7, 11) is 0. The Balaban J connectivity index is 1.68. The second kappa shape index (κ2) is 8.02. The Labute approximate surface area is 132 Å². The molecule has 0 spiro atoms. The lowest BCUT2D eigenvalue weighted by atomic mass is 10.1. The molecule has 23 heavy (non-hydrogen) atoms. The normalized spacial score (nSPS) is 11.7. The molecule has 0 bridgehead atoms. The van der Waals surface area contributed by atoms with Crippen molar-refractivity contribution in [1.29, 1.82) is 0 Å². The summed E-state index contributed by atoms with van der Waals surface area (Å²) in [5.41, 5.74) is 0.516. The topological polar surface area (TPSA) is 88.9 Å². The van der Waals surface area contributed by atoms with Crippen molar-refractivity contribution in [2.45, 2.75) is 19.9 Å². The van der Waals surface area contributed by atoms with Gasteiger partial charge in [0.25, 0.3) is 0 Å². The predicted octanol–water partition coefficient (Wildman–Crippen LogP) is 1.20. The van der Waals surface area contributed by atoms with Gasteiger partial charge in [0.1, 0.15) is 18.5 Å². The maximum Gasteiger partial charge on any atom is 0.226 e. The Morgan fingerprint density at radius 2 is 2.04 bits per heavy atom. The second-order valence-corrected chi connectivity index (χ2v) is 5.11. The number of anilines is 1. The molecular weight excluding hydrogens is 301 g/mol. The van der Waals surface area contributed by atoms with E-state index in [1.807, 2.05) is 0 Å². The van der Waals surface area contributed by atoms with Gasteiger partial charge in [-0.2, -0.15) is 5.10 Å². The SMILES string of the molecule is CC(Cn1cncn1)C(=O)NCCC(=O)Nc1ccc(F)cc1. The number of aromatic nitrogens is 3. The smallest absolute Gasteiger partial charge is 0.226 e. The molecule has 7 nitrogen and oxygen atoms in total. The summed E-state index contributed by atoms with van der Waals surface area (Å²) in [6, 6.07) is 5.49. The summed E-state index contributed by atoms with van der Waals surface area (Å²) in [5, 5.41) is 9.26. The van der Waals surface area contributed by atoms with Crippen LogP contribution in [0.15, 0.2) is 36.9 Å². The number of rotatable bonds is 7. The molecule has 1 aromatic heterocycles. The molecule has 0 fully saturated rings. The Kier molecular flexibility index (Phi) is 5.79. The van der Waals surface area contributed by atoms with Gasteiger partial charge in [-0.1, -0.05) is 6.92 Å². The van der Waals surface area contributed by atoms with Crippen LogP contribution in [0.1, 0.15) is 13.3 Å².